The van der Waals surface area contributed by atoms with E-state index in [0.717, 1.165) is 12.8 Å². The second-order valence-electron chi connectivity index (χ2n) is 6.25. The highest BCUT2D eigenvalue weighted by Crippen LogP contribution is 2.21. The molecular formula is C19H23ClN2O3S. The molecule has 0 aliphatic rings. The lowest BCUT2D eigenvalue weighted by molar-refractivity contribution is 0.102. The van der Waals surface area contributed by atoms with Crippen molar-refractivity contribution in [2.45, 2.75) is 44.6 Å². The van der Waals surface area contributed by atoms with E-state index in [1.54, 1.807) is 43.3 Å². The van der Waals surface area contributed by atoms with Crippen LogP contribution < -0.4 is 10.0 Å². The number of halogens is 1. The molecule has 2 aromatic rings. The molecule has 26 heavy (non-hydrogen) atoms. The minimum atomic E-state index is -3.58. The topological polar surface area (TPSA) is 75.3 Å². The highest BCUT2D eigenvalue weighted by molar-refractivity contribution is 7.89. The van der Waals surface area contributed by atoms with Crippen molar-refractivity contribution in [3.05, 3.63) is 58.6 Å². The van der Waals surface area contributed by atoms with Gasteiger partial charge in [-0.1, -0.05) is 24.9 Å². The van der Waals surface area contributed by atoms with Crippen LogP contribution in [0.2, 0.25) is 5.02 Å². The summed E-state index contributed by atoms with van der Waals surface area (Å²) in [6.07, 6.45) is 1.67. The summed E-state index contributed by atoms with van der Waals surface area (Å²) in [4.78, 5) is 12.5. The van der Waals surface area contributed by atoms with Crippen LogP contribution in [-0.4, -0.2) is 20.4 Å². The molecule has 0 spiro atoms. The largest absolute Gasteiger partial charge is 0.322 e. The number of aryl methyl sites for hydroxylation is 1. The molecular weight excluding hydrogens is 372 g/mol. The summed E-state index contributed by atoms with van der Waals surface area (Å²) in [5, 5.41) is 3.34. The van der Waals surface area contributed by atoms with Gasteiger partial charge in [0.05, 0.1) is 4.90 Å². The molecule has 2 rings (SSSR count). The summed E-state index contributed by atoms with van der Waals surface area (Å²) >= 11 is 5.82. The zero-order chi connectivity index (χ0) is 19.3. The number of hydrogen-bond donors (Lipinski definition) is 2. The van der Waals surface area contributed by atoms with Gasteiger partial charge in [0.2, 0.25) is 10.0 Å². The molecule has 0 bridgehead atoms. The zero-order valence-corrected chi connectivity index (χ0v) is 16.6. The number of carbonyl (C=O) groups is 1. The molecule has 0 saturated heterocycles. The fraction of sp³-hybridized carbons (Fsp3) is 0.316. The van der Waals surface area contributed by atoms with E-state index in [2.05, 4.69) is 10.0 Å². The van der Waals surface area contributed by atoms with Crippen molar-refractivity contribution < 1.29 is 13.2 Å². The molecule has 7 heteroatoms. The van der Waals surface area contributed by atoms with Crippen LogP contribution in [-0.2, 0) is 10.0 Å². The van der Waals surface area contributed by atoms with Gasteiger partial charge in [-0.25, -0.2) is 13.1 Å². The molecule has 1 amide bonds. The second kappa shape index (κ2) is 8.66. The van der Waals surface area contributed by atoms with Crippen molar-refractivity contribution in [2.75, 3.05) is 5.32 Å². The Kier molecular flexibility index (Phi) is 6.81. The Morgan fingerprint density at radius 1 is 1.15 bits per heavy atom. The van der Waals surface area contributed by atoms with E-state index in [-0.39, 0.29) is 16.8 Å². The maximum atomic E-state index is 12.4. The van der Waals surface area contributed by atoms with Crippen LogP contribution in [0.4, 0.5) is 5.69 Å². The highest BCUT2D eigenvalue weighted by Gasteiger charge is 2.18. The molecule has 0 saturated carbocycles. The number of hydrogen-bond acceptors (Lipinski definition) is 3. The average molecular weight is 395 g/mol. The first-order valence-corrected chi connectivity index (χ1v) is 10.3. The van der Waals surface area contributed by atoms with Gasteiger partial charge in [0, 0.05) is 22.3 Å². The normalized spacial score (nSPS) is 12.6. The van der Waals surface area contributed by atoms with Crippen LogP contribution in [0.5, 0.6) is 0 Å². The monoisotopic (exact) mass is 394 g/mol. The standard InChI is InChI=1S/C19H23ClN2O3S/c1-4-5-14(3)22-26(24,25)17-10-11-18(13(2)12-17)21-19(23)15-6-8-16(20)9-7-15/h6-12,14,22H,4-5H2,1-3H3,(H,21,23)/t14-/m1/s1. The first-order valence-electron chi connectivity index (χ1n) is 8.43. The maximum Gasteiger partial charge on any atom is 0.255 e. The first kappa shape index (κ1) is 20.4. The van der Waals surface area contributed by atoms with E-state index in [1.165, 1.54) is 6.07 Å². The van der Waals surface area contributed by atoms with Crippen LogP contribution in [0.1, 0.15) is 42.6 Å². The number of benzene rings is 2. The summed E-state index contributed by atoms with van der Waals surface area (Å²) < 4.78 is 27.6. The number of sulfonamides is 1. The van der Waals surface area contributed by atoms with Crippen molar-refractivity contribution in [3.63, 3.8) is 0 Å². The third-order valence-electron chi connectivity index (χ3n) is 3.94. The van der Waals surface area contributed by atoms with Gasteiger partial charge in [-0.3, -0.25) is 4.79 Å². The minimum Gasteiger partial charge on any atom is -0.322 e. The summed E-state index contributed by atoms with van der Waals surface area (Å²) in [5.74, 6) is -0.282. The number of anilines is 1. The summed E-state index contributed by atoms with van der Waals surface area (Å²) in [7, 11) is -3.58. The van der Waals surface area contributed by atoms with Gasteiger partial charge in [0.15, 0.2) is 0 Å². The summed E-state index contributed by atoms with van der Waals surface area (Å²) in [6, 6.07) is 11.1. The Hall–Kier alpha value is -1.89. The van der Waals surface area contributed by atoms with Crippen LogP contribution in [0.25, 0.3) is 0 Å². The zero-order valence-electron chi connectivity index (χ0n) is 15.0. The lowest BCUT2D eigenvalue weighted by Crippen LogP contribution is -2.32. The molecule has 140 valence electrons. The van der Waals surface area contributed by atoms with Crippen LogP contribution in [0.15, 0.2) is 47.4 Å². The lowest BCUT2D eigenvalue weighted by atomic mass is 10.1. The van der Waals surface area contributed by atoms with Crippen LogP contribution in [0.3, 0.4) is 0 Å². The predicted octanol–water partition coefficient (Wildman–Crippen LogP) is 4.37. The van der Waals surface area contributed by atoms with Gasteiger partial charge in [-0.2, -0.15) is 0 Å². The Bertz CT molecular complexity index is 880. The van der Waals surface area contributed by atoms with E-state index in [1.807, 2.05) is 13.8 Å². The van der Waals surface area contributed by atoms with E-state index in [9.17, 15) is 13.2 Å². The number of nitrogens with one attached hydrogen (secondary N) is 2. The molecule has 0 aromatic heterocycles. The Morgan fingerprint density at radius 2 is 1.81 bits per heavy atom. The summed E-state index contributed by atoms with van der Waals surface area (Å²) in [6.45, 7) is 5.60. The van der Waals surface area contributed by atoms with E-state index < -0.39 is 10.0 Å². The molecule has 0 aliphatic carbocycles. The third-order valence-corrected chi connectivity index (χ3v) is 5.78. The van der Waals surface area contributed by atoms with Gasteiger partial charge in [0.1, 0.15) is 0 Å². The lowest BCUT2D eigenvalue weighted by Gasteiger charge is -2.15. The Labute approximate surface area is 159 Å². The molecule has 2 aromatic carbocycles. The molecule has 2 N–H and O–H groups in total. The van der Waals surface area contributed by atoms with Crippen molar-refractivity contribution in [2.24, 2.45) is 0 Å². The minimum absolute atomic E-state index is 0.130. The predicted molar refractivity (Wildman–Crippen MR) is 105 cm³/mol. The van der Waals surface area contributed by atoms with Gasteiger partial charge >= 0.3 is 0 Å². The molecule has 5 nitrogen and oxygen atoms in total. The maximum absolute atomic E-state index is 12.4. The van der Waals surface area contributed by atoms with Crippen LogP contribution >= 0.6 is 11.6 Å². The van der Waals surface area contributed by atoms with Gasteiger partial charge in [0.25, 0.3) is 5.91 Å². The van der Waals surface area contributed by atoms with E-state index in [0.29, 0.717) is 21.8 Å². The quantitative estimate of drug-likeness (QED) is 0.732. The smallest absolute Gasteiger partial charge is 0.255 e. The molecule has 0 unspecified atom stereocenters. The van der Waals surface area contributed by atoms with Crippen LogP contribution in [0, 0.1) is 6.92 Å². The number of rotatable bonds is 7. The van der Waals surface area contributed by atoms with Gasteiger partial charge in [-0.05, 0) is 68.3 Å². The van der Waals surface area contributed by atoms with Crippen molar-refractivity contribution in [3.8, 4) is 0 Å². The fourth-order valence-electron chi connectivity index (χ4n) is 2.56. The van der Waals surface area contributed by atoms with Gasteiger partial charge in [-0.15, -0.1) is 0 Å². The average Bonchev–Trinajstić information content (AvgIpc) is 2.56. The van der Waals surface area contributed by atoms with Crippen molar-refractivity contribution in [1.29, 1.82) is 0 Å². The fourth-order valence-corrected chi connectivity index (χ4v) is 4.05. The SMILES string of the molecule is CCC[C@@H](C)NS(=O)(=O)c1ccc(NC(=O)c2ccc(Cl)cc2)c(C)c1. The molecule has 0 heterocycles. The number of carbonyl (C=O) groups excluding carboxylic acids is 1. The Balaban J connectivity index is 2.16. The van der Waals surface area contributed by atoms with Crippen molar-refractivity contribution >= 4 is 33.2 Å². The first-order chi connectivity index (χ1) is 12.2. The summed E-state index contributed by atoms with van der Waals surface area (Å²) in [5.41, 5.74) is 1.70. The molecule has 0 fully saturated rings. The van der Waals surface area contributed by atoms with E-state index >= 15 is 0 Å². The van der Waals surface area contributed by atoms with Crippen molar-refractivity contribution in [1.82, 2.24) is 4.72 Å². The second-order valence-corrected chi connectivity index (χ2v) is 8.40. The Morgan fingerprint density at radius 3 is 2.38 bits per heavy atom. The molecule has 1 atom stereocenters. The van der Waals surface area contributed by atoms with Gasteiger partial charge < -0.3 is 5.32 Å². The third kappa shape index (κ3) is 5.30. The number of amides is 1. The molecule has 0 radical (unpaired) electrons. The highest BCUT2D eigenvalue weighted by atomic mass is 35.5. The molecule has 0 aliphatic heterocycles. The van der Waals surface area contributed by atoms with E-state index in [4.69, 9.17) is 11.6 Å².